The summed E-state index contributed by atoms with van der Waals surface area (Å²) in [6.45, 7) is 0.573. The fourth-order valence-electron chi connectivity index (χ4n) is 1.19. The SMILES string of the molecule is Brc1ccc(CN=Nc2ccccn2)cc1. The Hall–Kier alpha value is -1.55. The molecule has 0 fully saturated rings. The van der Waals surface area contributed by atoms with Crippen molar-refractivity contribution in [1.82, 2.24) is 4.98 Å². The predicted molar refractivity (Wildman–Crippen MR) is 66.6 cm³/mol. The third-order valence-electron chi connectivity index (χ3n) is 1.99. The Morgan fingerprint density at radius 2 is 1.88 bits per heavy atom. The first-order valence-electron chi connectivity index (χ1n) is 4.87. The lowest BCUT2D eigenvalue weighted by Crippen LogP contribution is -1.79. The molecule has 4 heteroatoms. The molecule has 2 rings (SSSR count). The van der Waals surface area contributed by atoms with Crippen LogP contribution < -0.4 is 0 Å². The molecular weight excluding hydrogens is 266 g/mol. The van der Waals surface area contributed by atoms with Gasteiger partial charge in [0.1, 0.15) is 0 Å². The Kier molecular flexibility index (Phi) is 3.77. The van der Waals surface area contributed by atoms with Crippen molar-refractivity contribution in [2.24, 2.45) is 10.2 Å². The molecular formula is C12H10BrN3. The topological polar surface area (TPSA) is 37.6 Å². The zero-order valence-corrected chi connectivity index (χ0v) is 10.1. The highest BCUT2D eigenvalue weighted by molar-refractivity contribution is 9.10. The summed E-state index contributed by atoms with van der Waals surface area (Å²) in [4.78, 5) is 4.06. The summed E-state index contributed by atoms with van der Waals surface area (Å²) >= 11 is 3.39. The minimum atomic E-state index is 0.573. The number of pyridine rings is 1. The highest BCUT2D eigenvalue weighted by Crippen LogP contribution is 2.12. The Morgan fingerprint density at radius 1 is 1.06 bits per heavy atom. The summed E-state index contributed by atoms with van der Waals surface area (Å²) in [7, 11) is 0. The standard InChI is InChI=1S/C12H10BrN3/c13-11-6-4-10(5-7-11)9-15-16-12-3-1-2-8-14-12/h1-8H,9H2. The smallest absolute Gasteiger partial charge is 0.173 e. The van der Waals surface area contributed by atoms with E-state index in [0.717, 1.165) is 10.0 Å². The van der Waals surface area contributed by atoms with Crippen LogP contribution in [-0.2, 0) is 6.54 Å². The number of aromatic nitrogens is 1. The molecule has 2 aromatic rings. The number of benzene rings is 1. The summed E-state index contributed by atoms with van der Waals surface area (Å²) in [5.74, 6) is 0.639. The summed E-state index contributed by atoms with van der Waals surface area (Å²) in [6.07, 6.45) is 1.70. The Morgan fingerprint density at radius 3 is 2.56 bits per heavy atom. The van der Waals surface area contributed by atoms with Crippen LogP contribution in [0.2, 0.25) is 0 Å². The minimum absolute atomic E-state index is 0.573. The van der Waals surface area contributed by atoms with E-state index in [4.69, 9.17) is 0 Å². The lowest BCUT2D eigenvalue weighted by Gasteiger charge is -1.95. The molecule has 0 saturated carbocycles. The van der Waals surface area contributed by atoms with Crippen molar-refractivity contribution in [2.75, 3.05) is 0 Å². The van der Waals surface area contributed by atoms with Crippen LogP contribution in [0.4, 0.5) is 5.82 Å². The maximum atomic E-state index is 4.09. The fourth-order valence-corrected chi connectivity index (χ4v) is 1.46. The zero-order chi connectivity index (χ0) is 11.2. The van der Waals surface area contributed by atoms with Crippen LogP contribution in [0.1, 0.15) is 5.56 Å². The molecule has 3 nitrogen and oxygen atoms in total. The summed E-state index contributed by atoms with van der Waals surface area (Å²) in [5, 5.41) is 8.11. The molecule has 0 bridgehead atoms. The third kappa shape index (κ3) is 3.24. The van der Waals surface area contributed by atoms with E-state index < -0.39 is 0 Å². The number of hydrogen-bond acceptors (Lipinski definition) is 3. The van der Waals surface area contributed by atoms with Crippen molar-refractivity contribution in [3.63, 3.8) is 0 Å². The average molecular weight is 276 g/mol. The van der Waals surface area contributed by atoms with Gasteiger partial charge in [-0.25, -0.2) is 4.98 Å². The number of rotatable bonds is 3. The maximum absolute atomic E-state index is 4.09. The largest absolute Gasteiger partial charge is 0.236 e. The Balaban J connectivity index is 1.97. The quantitative estimate of drug-likeness (QED) is 0.777. The Bertz CT molecular complexity index is 465. The number of azo groups is 1. The van der Waals surface area contributed by atoms with Crippen LogP contribution in [-0.4, -0.2) is 4.98 Å². The van der Waals surface area contributed by atoms with Gasteiger partial charge >= 0.3 is 0 Å². The lowest BCUT2D eigenvalue weighted by molar-refractivity contribution is 0.946. The van der Waals surface area contributed by atoms with Crippen molar-refractivity contribution in [1.29, 1.82) is 0 Å². The van der Waals surface area contributed by atoms with E-state index in [9.17, 15) is 0 Å². The number of hydrogen-bond donors (Lipinski definition) is 0. The summed E-state index contributed by atoms with van der Waals surface area (Å²) in [5.41, 5.74) is 1.13. The van der Waals surface area contributed by atoms with Crippen molar-refractivity contribution in [3.8, 4) is 0 Å². The van der Waals surface area contributed by atoms with Gasteiger partial charge < -0.3 is 0 Å². The Labute approximate surface area is 102 Å². The van der Waals surface area contributed by atoms with E-state index in [2.05, 4.69) is 31.1 Å². The molecule has 0 atom stereocenters. The van der Waals surface area contributed by atoms with Crippen molar-refractivity contribution in [2.45, 2.75) is 6.54 Å². The second kappa shape index (κ2) is 5.51. The normalized spacial score (nSPS) is 10.8. The van der Waals surface area contributed by atoms with Gasteiger partial charge in [-0.2, -0.15) is 5.11 Å². The van der Waals surface area contributed by atoms with Gasteiger partial charge in [0.25, 0.3) is 0 Å². The van der Waals surface area contributed by atoms with Crippen LogP contribution >= 0.6 is 15.9 Å². The summed E-state index contributed by atoms with van der Waals surface area (Å²) in [6, 6.07) is 13.6. The van der Waals surface area contributed by atoms with Crippen LogP contribution in [0.25, 0.3) is 0 Å². The highest BCUT2D eigenvalue weighted by atomic mass is 79.9. The highest BCUT2D eigenvalue weighted by Gasteiger charge is 1.91. The fraction of sp³-hybridized carbons (Fsp3) is 0.0833. The van der Waals surface area contributed by atoms with Gasteiger partial charge in [0, 0.05) is 10.7 Å². The van der Waals surface area contributed by atoms with E-state index in [1.54, 1.807) is 6.20 Å². The van der Waals surface area contributed by atoms with E-state index in [1.807, 2.05) is 42.5 Å². The zero-order valence-electron chi connectivity index (χ0n) is 8.55. The van der Waals surface area contributed by atoms with Gasteiger partial charge in [-0.3, -0.25) is 0 Å². The van der Waals surface area contributed by atoms with Gasteiger partial charge in [-0.1, -0.05) is 34.1 Å². The van der Waals surface area contributed by atoms with E-state index >= 15 is 0 Å². The van der Waals surface area contributed by atoms with E-state index in [1.165, 1.54) is 0 Å². The second-order valence-corrected chi connectivity index (χ2v) is 4.13. The van der Waals surface area contributed by atoms with E-state index in [0.29, 0.717) is 12.4 Å². The first kappa shape index (κ1) is 11.0. The van der Waals surface area contributed by atoms with Crippen LogP contribution in [0.5, 0.6) is 0 Å². The predicted octanol–water partition coefficient (Wildman–Crippen LogP) is 4.13. The molecule has 0 N–H and O–H groups in total. The molecule has 0 spiro atoms. The monoisotopic (exact) mass is 275 g/mol. The first-order valence-corrected chi connectivity index (χ1v) is 5.67. The van der Waals surface area contributed by atoms with Crippen LogP contribution in [0, 0.1) is 0 Å². The molecule has 16 heavy (non-hydrogen) atoms. The molecule has 1 aromatic heterocycles. The molecule has 0 saturated heterocycles. The second-order valence-electron chi connectivity index (χ2n) is 3.21. The van der Waals surface area contributed by atoms with Crippen molar-refractivity contribution >= 4 is 21.7 Å². The molecule has 0 aliphatic carbocycles. The molecule has 0 radical (unpaired) electrons. The van der Waals surface area contributed by atoms with Gasteiger partial charge in [-0.15, -0.1) is 5.11 Å². The first-order chi connectivity index (χ1) is 7.84. The molecule has 1 heterocycles. The van der Waals surface area contributed by atoms with Gasteiger partial charge in [-0.05, 0) is 29.8 Å². The molecule has 1 aromatic carbocycles. The number of halogens is 1. The van der Waals surface area contributed by atoms with Gasteiger partial charge in [0.05, 0.1) is 6.54 Å². The van der Waals surface area contributed by atoms with Crippen LogP contribution in [0.15, 0.2) is 63.4 Å². The van der Waals surface area contributed by atoms with Crippen LogP contribution in [0.3, 0.4) is 0 Å². The number of nitrogens with zero attached hydrogens (tertiary/aromatic N) is 3. The lowest BCUT2D eigenvalue weighted by atomic mass is 10.2. The molecule has 80 valence electrons. The minimum Gasteiger partial charge on any atom is -0.236 e. The van der Waals surface area contributed by atoms with Gasteiger partial charge in [0.2, 0.25) is 0 Å². The molecule has 0 amide bonds. The molecule has 0 aliphatic rings. The van der Waals surface area contributed by atoms with Crippen molar-refractivity contribution in [3.05, 3.63) is 58.7 Å². The third-order valence-corrected chi connectivity index (χ3v) is 2.52. The van der Waals surface area contributed by atoms with E-state index in [-0.39, 0.29) is 0 Å². The van der Waals surface area contributed by atoms with Crippen molar-refractivity contribution < 1.29 is 0 Å². The molecule has 0 aliphatic heterocycles. The average Bonchev–Trinajstić information content (AvgIpc) is 2.33. The van der Waals surface area contributed by atoms with Gasteiger partial charge in [0.15, 0.2) is 5.82 Å². The maximum Gasteiger partial charge on any atom is 0.173 e. The summed E-state index contributed by atoms with van der Waals surface area (Å²) < 4.78 is 1.07. The molecule has 0 unspecified atom stereocenters.